The van der Waals surface area contributed by atoms with Crippen LogP contribution in [0.25, 0.3) is 0 Å². The first kappa shape index (κ1) is 24.7. The van der Waals surface area contributed by atoms with Crippen molar-refractivity contribution in [3.63, 3.8) is 0 Å². The Balaban J connectivity index is 1.88. The average Bonchev–Trinajstić information content (AvgIpc) is 3.26. The number of ether oxygens (including phenoxy) is 1. The molecule has 33 heavy (non-hydrogen) atoms. The summed E-state index contributed by atoms with van der Waals surface area (Å²) in [5.41, 5.74) is 3.01. The fourth-order valence-electron chi connectivity index (χ4n) is 4.04. The molecule has 1 fully saturated rings. The number of nitrogens with one attached hydrogen (secondary N) is 1. The number of nitrogens with zero attached hydrogens (tertiary/aromatic N) is 2. The minimum Gasteiger partial charge on any atom is -0.377 e. The Morgan fingerprint density at radius 3 is 2.48 bits per heavy atom. The molecule has 178 valence electrons. The Hall–Kier alpha value is -2.93. The van der Waals surface area contributed by atoms with Gasteiger partial charge in [0.2, 0.25) is 5.91 Å². The molecular weight excluding hydrogens is 421 g/mol. The number of anilines is 2. The molecule has 2 aromatic rings. The van der Waals surface area contributed by atoms with E-state index in [0.29, 0.717) is 37.4 Å². The zero-order valence-electron chi connectivity index (χ0n) is 19.9. The molecule has 0 saturated carbocycles. The lowest BCUT2D eigenvalue weighted by Crippen LogP contribution is -2.37. The molecule has 0 aliphatic carbocycles. The van der Waals surface area contributed by atoms with Crippen molar-refractivity contribution in [3.8, 4) is 0 Å². The minimum atomic E-state index is -0.378. The Labute approximate surface area is 195 Å². The quantitative estimate of drug-likeness (QED) is 0.596. The summed E-state index contributed by atoms with van der Waals surface area (Å²) in [7, 11) is 3.89. The van der Waals surface area contributed by atoms with E-state index in [1.165, 1.54) is 24.3 Å². The van der Waals surface area contributed by atoms with Crippen LogP contribution in [0, 0.1) is 11.7 Å². The Morgan fingerprint density at radius 2 is 1.88 bits per heavy atom. The maximum atomic E-state index is 13.4. The van der Waals surface area contributed by atoms with Crippen LogP contribution in [0.4, 0.5) is 15.8 Å². The summed E-state index contributed by atoms with van der Waals surface area (Å²) in [5, 5.41) is 2.97. The average molecular weight is 456 g/mol. The molecule has 2 aromatic carbocycles. The van der Waals surface area contributed by atoms with E-state index in [1.54, 1.807) is 4.90 Å². The molecule has 1 unspecified atom stereocenters. The van der Waals surface area contributed by atoms with Gasteiger partial charge >= 0.3 is 0 Å². The topological polar surface area (TPSA) is 61.9 Å². The fourth-order valence-corrected chi connectivity index (χ4v) is 4.04. The van der Waals surface area contributed by atoms with Gasteiger partial charge in [0.15, 0.2) is 0 Å². The molecule has 0 aromatic heterocycles. The van der Waals surface area contributed by atoms with Crippen molar-refractivity contribution in [1.82, 2.24) is 4.90 Å². The first-order valence-electron chi connectivity index (χ1n) is 11.5. The minimum absolute atomic E-state index is 0.0221. The lowest BCUT2D eigenvalue weighted by atomic mass is 10.1. The number of carbonyl (C=O) groups is 2. The zero-order chi connectivity index (χ0) is 24.0. The van der Waals surface area contributed by atoms with Crippen LogP contribution in [0.5, 0.6) is 0 Å². The number of halogens is 1. The van der Waals surface area contributed by atoms with E-state index in [4.69, 9.17) is 4.74 Å². The molecule has 3 rings (SSSR count). The number of amides is 2. The molecule has 7 heteroatoms. The summed E-state index contributed by atoms with van der Waals surface area (Å²) in [6.07, 6.45) is 2.30. The molecule has 2 amide bonds. The van der Waals surface area contributed by atoms with Crippen LogP contribution in [-0.4, -0.2) is 50.1 Å². The van der Waals surface area contributed by atoms with E-state index in [9.17, 15) is 14.0 Å². The number of carbonyl (C=O) groups excluding carboxylic acids is 2. The molecule has 6 nitrogen and oxygen atoms in total. The van der Waals surface area contributed by atoms with Crippen LogP contribution >= 0.6 is 0 Å². The van der Waals surface area contributed by atoms with Crippen LogP contribution in [-0.2, 0) is 16.1 Å². The third-order valence-corrected chi connectivity index (χ3v) is 5.63. The largest absolute Gasteiger partial charge is 0.377 e. The third kappa shape index (κ3) is 7.02. The van der Waals surface area contributed by atoms with Crippen LogP contribution in [0.1, 0.15) is 49.0 Å². The number of benzene rings is 2. The van der Waals surface area contributed by atoms with Crippen LogP contribution < -0.4 is 10.2 Å². The fraction of sp³-hybridized carbons (Fsp3) is 0.462. The van der Waals surface area contributed by atoms with Crippen LogP contribution in [0.15, 0.2) is 42.5 Å². The highest BCUT2D eigenvalue weighted by atomic mass is 19.1. The molecule has 1 aliphatic rings. The van der Waals surface area contributed by atoms with Crippen molar-refractivity contribution in [2.75, 3.05) is 37.5 Å². The smallest absolute Gasteiger partial charge is 0.254 e. The monoisotopic (exact) mass is 455 g/mol. The summed E-state index contributed by atoms with van der Waals surface area (Å²) in [5.74, 6) is -0.325. The number of rotatable bonds is 9. The molecule has 0 spiro atoms. The molecule has 1 N–H and O–H groups in total. The first-order valence-corrected chi connectivity index (χ1v) is 11.5. The second kappa shape index (κ2) is 11.3. The maximum absolute atomic E-state index is 13.4. The second-order valence-corrected chi connectivity index (χ2v) is 9.21. The van der Waals surface area contributed by atoms with Gasteiger partial charge in [0.1, 0.15) is 5.82 Å². The maximum Gasteiger partial charge on any atom is 0.254 e. The van der Waals surface area contributed by atoms with E-state index in [0.717, 1.165) is 24.1 Å². The number of hydrogen-bond donors (Lipinski definition) is 1. The lowest BCUT2D eigenvalue weighted by molar-refractivity contribution is -0.116. The summed E-state index contributed by atoms with van der Waals surface area (Å²) in [6, 6.07) is 11.4. The second-order valence-electron chi connectivity index (χ2n) is 9.21. The summed E-state index contributed by atoms with van der Waals surface area (Å²) < 4.78 is 19.2. The molecule has 0 bridgehead atoms. The predicted molar refractivity (Wildman–Crippen MR) is 129 cm³/mol. The van der Waals surface area contributed by atoms with Crippen molar-refractivity contribution < 1.29 is 18.7 Å². The van der Waals surface area contributed by atoms with Crippen molar-refractivity contribution >= 4 is 23.2 Å². The molecule has 0 radical (unpaired) electrons. The highest BCUT2D eigenvalue weighted by molar-refractivity contribution is 5.94. The van der Waals surface area contributed by atoms with Gasteiger partial charge in [-0.3, -0.25) is 9.59 Å². The van der Waals surface area contributed by atoms with Gasteiger partial charge in [-0.05, 0) is 66.8 Å². The SMILES string of the molecule is CC(C)CC(=O)Nc1ccc(N(C)C)c(CN(CC2CCCO2)C(=O)c2ccc(F)cc2)c1. The predicted octanol–water partition coefficient (Wildman–Crippen LogP) is 4.70. The molecule has 1 aliphatic heterocycles. The van der Waals surface area contributed by atoms with Gasteiger partial charge in [-0.2, -0.15) is 0 Å². The van der Waals surface area contributed by atoms with Crippen molar-refractivity contribution in [2.45, 2.75) is 45.8 Å². The van der Waals surface area contributed by atoms with Crippen molar-refractivity contribution in [3.05, 3.63) is 59.4 Å². The van der Waals surface area contributed by atoms with E-state index in [-0.39, 0.29) is 29.7 Å². The highest BCUT2D eigenvalue weighted by Gasteiger charge is 2.25. The Kier molecular flexibility index (Phi) is 8.44. The van der Waals surface area contributed by atoms with E-state index in [1.807, 2.05) is 51.0 Å². The van der Waals surface area contributed by atoms with Gasteiger partial charge in [-0.15, -0.1) is 0 Å². The first-order chi connectivity index (χ1) is 15.7. The van der Waals surface area contributed by atoms with Crippen LogP contribution in [0.2, 0.25) is 0 Å². The lowest BCUT2D eigenvalue weighted by Gasteiger charge is -2.28. The Bertz CT molecular complexity index is 954. The van der Waals surface area contributed by atoms with Gasteiger partial charge in [0.25, 0.3) is 5.91 Å². The van der Waals surface area contributed by atoms with E-state index >= 15 is 0 Å². The standard InChI is InChI=1S/C26H34FN3O3/c1-18(2)14-25(31)28-22-11-12-24(29(3)4)20(15-22)16-30(17-23-6-5-13-33-23)26(32)19-7-9-21(27)10-8-19/h7-12,15,18,23H,5-6,13-14,16-17H2,1-4H3,(H,28,31). The van der Waals surface area contributed by atoms with Gasteiger partial charge < -0.3 is 19.9 Å². The number of hydrogen-bond acceptors (Lipinski definition) is 4. The zero-order valence-corrected chi connectivity index (χ0v) is 19.9. The summed E-state index contributed by atoms with van der Waals surface area (Å²) >= 11 is 0. The van der Waals surface area contributed by atoms with Gasteiger partial charge in [-0.25, -0.2) is 4.39 Å². The van der Waals surface area contributed by atoms with Crippen molar-refractivity contribution in [2.24, 2.45) is 5.92 Å². The molecule has 1 saturated heterocycles. The van der Waals surface area contributed by atoms with Crippen molar-refractivity contribution in [1.29, 1.82) is 0 Å². The molecule has 1 atom stereocenters. The van der Waals surface area contributed by atoms with Gasteiger partial charge in [0.05, 0.1) is 6.10 Å². The normalized spacial score (nSPS) is 15.5. The summed E-state index contributed by atoms with van der Waals surface area (Å²) in [6.45, 7) is 5.50. The van der Waals surface area contributed by atoms with E-state index in [2.05, 4.69) is 5.32 Å². The molecule has 1 heterocycles. The Morgan fingerprint density at radius 1 is 1.15 bits per heavy atom. The summed E-state index contributed by atoms with van der Waals surface area (Å²) in [4.78, 5) is 29.4. The highest BCUT2D eigenvalue weighted by Crippen LogP contribution is 2.26. The van der Waals surface area contributed by atoms with Gasteiger partial charge in [0, 0.05) is 57.2 Å². The van der Waals surface area contributed by atoms with E-state index < -0.39 is 0 Å². The third-order valence-electron chi connectivity index (χ3n) is 5.63. The van der Waals surface area contributed by atoms with Gasteiger partial charge in [-0.1, -0.05) is 13.8 Å². The van der Waals surface area contributed by atoms with Crippen LogP contribution in [0.3, 0.4) is 0 Å². The molecular formula is C26H34FN3O3.